The average molecular weight is 295 g/mol. The molecule has 0 aliphatic heterocycles. The van der Waals surface area contributed by atoms with Gasteiger partial charge in [0.05, 0.1) is 11.3 Å². The average Bonchev–Trinajstić information content (AvgIpc) is 2.97. The number of carbonyl (C=O) groups is 1. The van der Waals surface area contributed by atoms with Crippen LogP contribution < -0.4 is 10.9 Å². The molecule has 1 amide bonds. The quantitative estimate of drug-likeness (QED) is 0.647. The van der Waals surface area contributed by atoms with Crippen LogP contribution in [0.4, 0.5) is 4.39 Å². The van der Waals surface area contributed by atoms with E-state index in [1.165, 1.54) is 6.07 Å². The van der Waals surface area contributed by atoms with Crippen LogP contribution in [0.15, 0.2) is 61.3 Å². The van der Waals surface area contributed by atoms with Gasteiger partial charge in [0, 0.05) is 22.7 Å². The van der Waals surface area contributed by atoms with Crippen molar-refractivity contribution in [3.8, 4) is 0 Å². The molecular formula is C17H14FN3O. The number of aromatic nitrogens is 1. The summed E-state index contributed by atoms with van der Waals surface area (Å²) in [6, 6.07) is 13.7. The molecular weight excluding hydrogens is 281 g/mol. The predicted octanol–water partition coefficient (Wildman–Crippen LogP) is 3.21. The third kappa shape index (κ3) is 2.56. The van der Waals surface area contributed by atoms with Crippen LogP contribution in [0, 0.1) is 5.82 Å². The number of rotatable bonds is 4. The largest absolute Gasteiger partial charge is 0.360 e. The number of hydrogen-bond acceptors (Lipinski definition) is 2. The SMILES string of the molecule is C=C(NNC(=O)c1c[nH]c2ccccc12)c1ccccc1F. The zero-order valence-electron chi connectivity index (χ0n) is 11.7. The van der Waals surface area contributed by atoms with Crippen molar-refractivity contribution < 1.29 is 9.18 Å². The van der Waals surface area contributed by atoms with Crippen LogP contribution in [0.3, 0.4) is 0 Å². The Morgan fingerprint density at radius 1 is 1.00 bits per heavy atom. The van der Waals surface area contributed by atoms with E-state index in [0.717, 1.165) is 10.9 Å². The van der Waals surface area contributed by atoms with Crippen molar-refractivity contribution in [2.45, 2.75) is 0 Å². The van der Waals surface area contributed by atoms with Gasteiger partial charge in [-0.15, -0.1) is 0 Å². The fourth-order valence-electron chi connectivity index (χ4n) is 2.23. The van der Waals surface area contributed by atoms with Gasteiger partial charge in [-0.25, -0.2) is 4.39 Å². The Balaban J connectivity index is 1.73. The maximum atomic E-state index is 13.6. The van der Waals surface area contributed by atoms with Crippen molar-refractivity contribution in [3.05, 3.63) is 78.3 Å². The Labute approximate surface area is 126 Å². The molecule has 4 nitrogen and oxygen atoms in total. The van der Waals surface area contributed by atoms with Gasteiger partial charge in [-0.2, -0.15) is 0 Å². The van der Waals surface area contributed by atoms with Gasteiger partial charge in [0.25, 0.3) is 5.91 Å². The number of aromatic amines is 1. The molecule has 110 valence electrons. The molecule has 22 heavy (non-hydrogen) atoms. The van der Waals surface area contributed by atoms with Gasteiger partial charge in [-0.05, 0) is 18.2 Å². The van der Waals surface area contributed by atoms with Crippen molar-refractivity contribution in [1.82, 2.24) is 15.8 Å². The highest BCUT2D eigenvalue weighted by Gasteiger charge is 2.12. The molecule has 0 atom stereocenters. The van der Waals surface area contributed by atoms with Crippen LogP contribution in [0.2, 0.25) is 0 Å². The molecule has 0 unspecified atom stereocenters. The number of carbonyl (C=O) groups excluding carboxylic acids is 1. The third-order valence-corrected chi connectivity index (χ3v) is 3.36. The second-order valence-corrected chi connectivity index (χ2v) is 4.79. The minimum absolute atomic E-state index is 0.284. The third-order valence-electron chi connectivity index (χ3n) is 3.36. The number of para-hydroxylation sites is 1. The number of halogens is 1. The van der Waals surface area contributed by atoms with E-state index in [9.17, 15) is 9.18 Å². The normalized spacial score (nSPS) is 10.4. The first kappa shape index (κ1) is 13.9. The predicted molar refractivity (Wildman–Crippen MR) is 84.3 cm³/mol. The number of hydrazine groups is 1. The molecule has 1 heterocycles. The lowest BCUT2D eigenvalue weighted by Gasteiger charge is -2.11. The van der Waals surface area contributed by atoms with Crippen LogP contribution in [-0.2, 0) is 0 Å². The second-order valence-electron chi connectivity index (χ2n) is 4.79. The first-order valence-electron chi connectivity index (χ1n) is 6.73. The summed E-state index contributed by atoms with van der Waals surface area (Å²) in [5.74, 6) is -0.726. The van der Waals surface area contributed by atoms with Gasteiger partial charge in [-0.3, -0.25) is 15.6 Å². The minimum atomic E-state index is -0.402. The summed E-state index contributed by atoms with van der Waals surface area (Å²) >= 11 is 0. The number of benzene rings is 2. The summed E-state index contributed by atoms with van der Waals surface area (Å²) in [5.41, 5.74) is 7.14. The van der Waals surface area contributed by atoms with E-state index in [1.54, 1.807) is 24.4 Å². The van der Waals surface area contributed by atoms with Gasteiger partial charge in [0.1, 0.15) is 5.82 Å². The van der Waals surface area contributed by atoms with Crippen LogP contribution in [-0.4, -0.2) is 10.9 Å². The number of hydrogen-bond donors (Lipinski definition) is 3. The number of fused-ring (bicyclic) bond motifs is 1. The van der Waals surface area contributed by atoms with Gasteiger partial charge < -0.3 is 4.98 Å². The van der Waals surface area contributed by atoms with E-state index in [4.69, 9.17) is 0 Å². The fourth-order valence-corrected chi connectivity index (χ4v) is 2.23. The zero-order chi connectivity index (χ0) is 15.5. The fraction of sp³-hybridized carbons (Fsp3) is 0. The summed E-state index contributed by atoms with van der Waals surface area (Å²) in [4.78, 5) is 15.2. The molecule has 1 aromatic heterocycles. The lowest BCUT2D eigenvalue weighted by molar-refractivity contribution is 0.0944. The summed E-state index contributed by atoms with van der Waals surface area (Å²) in [5, 5.41) is 0.818. The minimum Gasteiger partial charge on any atom is -0.360 e. The van der Waals surface area contributed by atoms with Gasteiger partial charge in [-0.1, -0.05) is 36.9 Å². The van der Waals surface area contributed by atoms with E-state index in [1.807, 2.05) is 24.3 Å². The van der Waals surface area contributed by atoms with Crippen LogP contribution in [0.25, 0.3) is 16.6 Å². The molecule has 0 bridgehead atoms. The number of nitrogens with one attached hydrogen (secondary N) is 3. The van der Waals surface area contributed by atoms with E-state index in [2.05, 4.69) is 22.4 Å². The summed E-state index contributed by atoms with van der Waals surface area (Å²) < 4.78 is 13.6. The monoisotopic (exact) mass is 295 g/mol. The van der Waals surface area contributed by atoms with Gasteiger partial charge >= 0.3 is 0 Å². The Morgan fingerprint density at radius 2 is 1.73 bits per heavy atom. The Bertz CT molecular complexity index is 854. The molecule has 0 aliphatic rings. The second kappa shape index (κ2) is 5.73. The Kier molecular flexibility index (Phi) is 3.62. The van der Waals surface area contributed by atoms with E-state index in [0.29, 0.717) is 11.1 Å². The topological polar surface area (TPSA) is 56.9 Å². The van der Waals surface area contributed by atoms with Crippen molar-refractivity contribution >= 4 is 22.5 Å². The van der Waals surface area contributed by atoms with Gasteiger partial charge in [0.2, 0.25) is 0 Å². The molecule has 2 aromatic carbocycles. The molecule has 0 saturated carbocycles. The number of H-pyrrole nitrogens is 1. The van der Waals surface area contributed by atoms with E-state index < -0.39 is 5.82 Å². The standard InChI is InChI=1S/C17H14FN3O/c1-11(12-6-2-4-8-15(12)18)20-21-17(22)14-10-19-16-9-5-3-7-13(14)16/h2-10,19-20H,1H2,(H,21,22). The molecule has 0 aliphatic carbocycles. The Hall–Kier alpha value is -3.08. The maximum Gasteiger partial charge on any atom is 0.271 e. The summed E-state index contributed by atoms with van der Waals surface area (Å²) in [7, 11) is 0. The number of amides is 1. The first-order valence-corrected chi connectivity index (χ1v) is 6.73. The van der Waals surface area contributed by atoms with Crippen LogP contribution in [0.5, 0.6) is 0 Å². The molecule has 0 fully saturated rings. The maximum absolute atomic E-state index is 13.6. The highest BCUT2D eigenvalue weighted by atomic mass is 19.1. The smallest absolute Gasteiger partial charge is 0.271 e. The van der Waals surface area contributed by atoms with Crippen molar-refractivity contribution in [1.29, 1.82) is 0 Å². The lowest BCUT2D eigenvalue weighted by atomic mass is 10.1. The van der Waals surface area contributed by atoms with Gasteiger partial charge in [0.15, 0.2) is 0 Å². The van der Waals surface area contributed by atoms with E-state index >= 15 is 0 Å². The van der Waals surface area contributed by atoms with Crippen molar-refractivity contribution in [2.24, 2.45) is 0 Å². The summed E-state index contributed by atoms with van der Waals surface area (Å²) in [6.07, 6.45) is 1.63. The zero-order valence-corrected chi connectivity index (χ0v) is 11.7. The molecule has 3 N–H and O–H groups in total. The molecule has 0 spiro atoms. The van der Waals surface area contributed by atoms with E-state index in [-0.39, 0.29) is 11.6 Å². The molecule has 3 rings (SSSR count). The highest BCUT2D eigenvalue weighted by Crippen LogP contribution is 2.17. The highest BCUT2D eigenvalue weighted by molar-refractivity contribution is 6.06. The molecule has 3 aromatic rings. The Morgan fingerprint density at radius 3 is 2.55 bits per heavy atom. The first-order chi connectivity index (χ1) is 10.7. The summed E-state index contributed by atoms with van der Waals surface area (Å²) in [6.45, 7) is 3.73. The lowest BCUT2D eigenvalue weighted by Crippen LogP contribution is -2.35. The van der Waals surface area contributed by atoms with Crippen LogP contribution in [0.1, 0.15) is 15.9 Å². The van der Waals surface area contributed by atoms with Crippen molar-refractivity contribution in [2.75, 3.05) is 0 Å². The van der Waals surface area contributed by atoms with Crippen molar-refractivity contribution in [3.63, 3.8) is 0 Å². The van der Waals surface area contributed by atoms with Crippen LogP contribution >= 0.6 is 0 Å². The molecule has 0 saturated heterocycles. The molecule has 5 heteroatoms. The molecule has 0 radical (unpaired) electrons.